The predicted octanol–water partition coefficient (Wildman–Crippen LogP) is 4.87. The lowest BCUT2D eigenvalue weighted by atomic mass is 9.55. The predicted molar refractivity (Wildman–Crippen MR) is 116 cm³/mol. The summed E-state index contributed by atoms with van der Waals surface area (Å²) in [7, 11) is 0. The van der Waals surface area contributed by atoms with Crippen molar-refractivity contribution >= 4 is 40.8 Å². The summed E-state index contributed by atoms with van der Waals surface area (Å²) >= 11 is 12.3. The summed E-state index contributed by atoms with van der Waals surface area (Å²) in [5.74, 6) is -3.12. The van der Waals surface area contributed by atoms with Crippen LogP contribution in [0.1, 0.15) is 49.1 Å². The molecule has 162 valence electrons. The Morgan fingerprint density at radius 2 is 1.87 bits per heavy atom. The zero-order valence-electron chi connectivity index (χ0n) is 16.6. The van der Waals surface area contributed by atoms with E-state index in [4.69, 9.17) is 23.2 Å². The molecule has 31 heavy (non-hydrogen) atoms. The number of fused-ring (bicyclic) bond motifs is 3. The minimum Gasteiger partial charge on any atom is -0.480 e. The standard InChI is InChI=1S/C23H21Cl2FN2O3/c24-12-7-8-14-16(11-12)27-21(31)23(14)17(13-5-4-6-15(25)18(13)26)19(20(29)30)28-22(23)9-2-1-3-10-22/h4-8,11,17,19,28H,1-3,9-10H2,(H,27,31)(H,29,30)/t17-,19?,23+/m0/s1. The molecule has 2 aromatic rings. The van der Waals surface area contributed by atoms with Crippen LogP contribution in [-0.2, 0) is 15.0 Å². The lowest BCUT2D eigenvalue weighted by Crippen LogP contribution is -2.60. The van der Waals surface area contributed by atoms with Gasteiger partial charge in [-0.3, -0.25) is 14.9 Å². The molecule has 1 saturated carbocycles. The molecule has 0 aromatic heterocycles. The van der Waals surface area contributed by atoms with E-state index in [-0.39, 0.29) is 16.5 Å². The number of carboxylic acids is 1. The van der Waals surface area contributed by atoms with Crippen LogP contribution in [0.2, 0.25) is 10.0 Å². The van der Waals surface area contributed by atoms with Gasteiger partial charge in [0.15, 0.2) is 0 Å². The molecular weight excluding hydrogens is 442 g/mol. The Balaban J connectivity index is 1.86. The smallest absolute Gasteiger partial charge is 0.321 e. The van der Waals surface area contributed by atoms with Crippen molar-refractivity contribution in [2.75, 3.05) is 5.32 Å². The number of carboxylic acid groups (broad SMARTS) is 1. The third-order valence-electron chi connectivity index (χ3n) is 7.29. The highest BCUT2D eigenvalue weighted by atomic mass is 35.5. The second-order valence-corrected chi connectivity index (χ2v) is 9.52. The summed E-state index contributed by atoms with van der Waals surface area (Å²) in [5.41, 5.74) is -0.793. The average Bonchev–Trinajstić information content (AvgIpc) is 3.18. The number of aliphatic carboxylic acids is 1. The normalized spacial score (nSPS) is 28.7. The SMILES string of the molecule is O=C(O)C1NC2(CCCCC2)[C@@]2(C(=O)Nc3cc(Cl)ccc32)[C@H]1c1cccc(Cl)c1F. The minimum atomic E-state index is -1.30. The summed E-state index contributed by atoms with van der Waals surface area (Å²) in [6.45, 7) is 0. The van der Waals surface area contributed by atoms with Gasteiger partial charge in [-0.25, -0.2) is 4.39 Å². The number of hydrogen-bond donors (Lipinski definition) is 3. The van der Waals surface area contributed by atoms with Crippen LogP contribution >= 0.6 is 23.2 Å². The van der Waals surface area contributed by atoms with Gasteiger partial charge < -0.3 is 10.4 Å². The molecule has 0 radical (unpaired) electrons. The van der Waals surface area contributed by atoms with Gasteiger partial charge in [0.05, 0.1) is 5.02 Å². The monoisotopic (exact) mass is 462 g/mol. The Hall–Kier alpha value is -2.15. The fourth-order valence-corrected chi connectivity index (χ4v) is 6.56. The van der Waals surface area contributed by atoms with Gasteiger partial charge in [-0.1, -0.05) is 60.7 Å². The average molecular weight is 463 g/mol. The van der Waals surface area contributed by atoms with Gasteiger partial charge in [0.25, 0.3) is 0 Å². The number of rotatable bonds is 2. The van der Waals surface area contributed by atoms with Gasteiger partial charge in [0.1, 0.15) is 17.3 Å². The molecule has 1 saturated heterocycles. The van der Waals surface area contributed by atoms with E-state index in [1.807, 2.05) is 0 Å². The maximum absolute atomic E-state index is 15.3. The van der Waals surface area contributed by atoms with Crippen LogP contribution in [-0.4, -0.2) is 28.6 Å². The van der Waals surface area contributed by atoms with E-state index >= 15 is 4.39 Å². The first kappa shape index (κ1) is 20.7. The highest BCUT2D eigenvalue weighted by molar-refractivity contribution is 6.31. The number of nitrogens with one attached hydrogen (secondary N) is 2. The number of hydrogen-bond acceptors (Lipinski definition) is 3. The Bertz CT molecular complexity index is 1100. The number of carbonyl (C=O) groups excluding carboxylic acids is 1. The summed E-state index contributed by atoms with van der Waals surface area (Å²) < 4.78 is 15.3. The molecule has 0 bridgehead atoms. The highest BCUT2D eigenvalue weighted by Crippen LogP contribution is 2.62. The summed E-state index contributed by atoms with van der Waals surface area (Å²) in [6, 6.07) is 8.52. The third-order valence-corrected chi connectivity index (χ3v) is 7.82. The van der Waals surface area contributed by atoms with E-state index < -0.39 is 34.7 Å². The van der Waals surface area contributed by atoms with E-state index in [0.717, 1.165) is 19.3 Å². The van der Waals surface area contributed by atoms with Crippen LogP contribution in [0.3, 0.4) is 0 Å². The molecule has 2 heterocycles. The van der Waals surface area contributed by atoms with Crippen molar-refractivity contribution in [3.05, 3.63) is 63.4 Å². The van der Waals surface area contributed by atoms with E-state index in [9.17, 15) is 14.7 Å². The topological polar surface area (TPSA) is 78.4 Å². The van der Waals surface area contributed by atoms with Gasteiger partial charge >= 0.3 is 5.97 Å². The summed E-state index contributed by atoms with van der Waals surface area (Å²) in [4.78, 5) is 26.3. The number of benzene rings is 2. The van der Waals surface area contributed by atoms with Crippen LogP contribution in [0.25, 0.3) is 0 Å². The van der Waals surface area contributed by atoms with Gasteiger partial charge in [0.2, 0.25) is 5.91 Å². The number of amides is 1. The van der Waals surface area contributed by atoms with Crippen molar-refractivity contribution < 1.29 is 19.1 Å². The zero-order valence-corrected chi connectivity index (χ0v) is 18.1. The molecule has 8 heteroatoms. The molecule has 2 aliphatic heterocycles. The second-order valence-electron chi connectivity index (χ2n) is 8.68. The van der Waals surface area contributed by atoms with Crippen LogP contribution in [0.4, 0.5) is 10.1 Å². The van der Waals surface area contributed by atoms with E-state index in [0.29, 0.717) is 29.1 Å². The van der Waals surface area contributed by atoms with Crippen LogP contribution in [0, 0.1) is 5.82 Å². The number of anilines is 1. The van der Waals surface area contributed by atoms with Crippen molar-refractivity contribution in [2.24, 2.45) is 0 Å². The summed E-state index contributed by atoms with van der Waals surface area (Å²) in [6.07, 6.45) is 3.93. The van der Waals surface area contributed by atoms with Gasteiger partial charge in [-0.05, 0) is 42.2 Å². The van der Waals surface area contributed by atoms with Crippen molar-refractivity contribution in [2.45, 2.75) is 55.0 Å². The molecule has 3 atom stereocenters. The van der Waals surface area contributed by atoms with Crippen molar-refractivity contribution in [1.82, 2.24) is 5.32 Å². The number of halogens is 3. The van der Waals surface area contributed by atoms with Crippen LogP contribution < -0.4 is 10.6 Å². The molecule has 2 spiro atoms. The molecule has 3 aliphatic rings. The highest BCUT2D eigenvalue weighted by Gasteiger charge is 2.72. The molecule has 1 amide bonds. The van der Waals surface area contributed by atoms with Crippen molar-refractivity contribution in [3.63, 3.8) is 0 Å². The molecule has 2 fully saturated rings. The van der Waals surface area contributed by atoms with Gasteiger partial charge in [-0.15, -0.1) is 0 Å². The van der Waals surface area contributed by atoms with Crippen LogP contribution in [0.5, 0.6) is 0 Å². The molecule has 5 rings (SSSR count). The zero-order chi connectivity index (χ0) is 22.0. The maximum atomic E-state index is 15.3. The maximum Gasteiger partial charge on any atom is 0.321 e. The Morgan fingerprint density at radius 3 is 2.58 bits per heavy atom. The fourth-order valence-electron chi connectivity index (χ4n) is 6.21. The van der Waals surface area contributed by atoms with E-state index in [1.165, 1.54) is 12.1 Å². The first-order chi connectivity index (χ1) is 14.8. The molecule has 1 aliphatic carbocycles. The van der Waals surface area contributed by atoms with Gasteiger partial charge in [0, 0.05) is 22.2 Å². The molecule has 1 unspecified atom stereocenters. The lowest BCUT2D eigenvalue weighted by Gasteiger charge is -2.47. The molecular formula is C23H21Cl2FN2O3. The minimum absolute atomic E-state index is 0.101. The quantitative estimate of drug-likeness (QED) is 0.594. The number of carbonyl (C=O) groups is 2. The Morgan fingerprint density at radius 1 is 1.13 bits per heavy atom. The molecule has 3 N–H and O–H groups in total. The Kier molecular flexibility index (Phi) is 4.81. The van der Waals surface area contributed by atoms with Crippen molar-refractivity contribution in [1.29, 1.82) is 0 Å². The van der Waals surface area contributed by atoms with E-state index in [1.54, 1.807) is 24.3 Å². The van der Waals surface area contributed by atoms with E-state index in [2.05, 4.69) is 10.6 Å². The second kappa shape index (κ2) is 7.19. The van der Waals surface area contributed by atoms with Crippen LogP contribution in [0.15, 0.2) is 36.4 Å². The summed E-state index contributed by atoms with van der Waals surface area (Å²) in [5, 5.41) is 16.8. The third kappa shape index (κ3) is 2.71. The largest absolute Gasteiger partial charge is 0.480 e. The first-order valence-corrected chi connectivity index (χ1v) is 11.1. The first-order valence-electron chi connectivity index (χ1n) is 10.4. The van der Waals surface area contributed by atoms with Crippen molar-refractivity contribution in [3.8, 4) is 0 Å². The van der Waals surface area contributed by atoms with Gasteiger partial charge in [-0.2, -0.15) is 0 Å². The lowest BCUT2D eigenvalue weighted by molar-refractivity contribution is -0.139. The fraction of sp³-hybridized carbons (Fsp3) is 0.391. The Labute approximate surface area is 188 Å². The molecule has 2 aromatic carbocycles. The molecule has 5 nitrogen and oxygen atoms in total.